The van der Waals surface area contributed by atoms with E-state index in [1.807, 2.05) is 0 Å². The van der Waals surface area contributed by atoms with Crippen molar-refractivity contribution < 1.29 is 14.1 Å². The van der Waals surface area contributed by atoms with Crippen LogP contribution >= 0.6 is 11.6 Å². The van der Waals surface area contributed by atoms with E-state index in [0.717, 1.165) is 0 Å². The van der Waals surface area contributed by atoms with Gasteiger partial charge in [0.2, 0.25) is 0 Å². The molecule has 1 heterocycles. The summed E-state index contributed by atoms with van der Waals surface area (Å²) in [6.07, 6.45) is 0. The molecule has 0 saturated carbocycles. The molecule has 106 valence electrons. The Kier molecular flexibility index (Phi) is 4.26. The Morgan fingerprint density at radius 1 is 1.50 bits per heavy atom. The summed E-state index contributed by atoms with van der Waals surface area (Å²) in [6, 6.07) is 6.44. The van der Waals surface area contributed by atoms with Crippen LogP contribution in [0.5, 0.6) is 0 Å². The fourth-order valence-electron chi connectivity index (χ4n) is 1.71. The van der Waals surface area contributed by atoms with Gasteiger partial charge in [0.05, 0.1) is 11.4 Å². The van der Waals surface area contributed by atoms with Gasteiger partial charge >= 0.3 is 0 Å². The Morgan fingerprint density at radius 2 is 2.25 bits per heavy atom. The van der Waals surface area contributed by atoms with Crippen LogP contribution in [-0.2, 0) is 11.3 Å². The maximum atomic E-state index is 12.3. The monoisotopic (exact) mass is 295 g/mol. The Balaban J connectivity index is 2.25. The number of aromatic nitrogens is 1. The molecule has 6 nitrogen and oxygen atoms in total. The van der Waals surface area contributed by atoms with Crippen molar-refractivity contribution in [2.24, 2.45) is 0 Å². The van der Waals surface area contributed by atoms with Crippen molar-refractivity contribution in [2.45, 2.75) is 6.61 Å². The number of amides is 1. The number of anilines is 2. The average Bonchev–Trinajstić information content (AvgIpc) is 2.89. The third-order valence-electron chi connectivity index (χ3n) is 2.72. The van der Waals surface area contributed by atoms with E-state index < -0.39 is 0 Å². The summed E-state index contributed by atoms with van der Waals surface area (Å²) in [7, 11) is 3.12. The number of nitrogens with two attached hydrogens (primary N) is 1. The van der Waals surface area contributed by atoms with Gasteiger partial charge in [0.1, 0.15) is 6.61 Å². The molecule has 0 aliphatic rings. The predicted octanol–water partition coefficient (Wildman–Crippen LogP) is 2.33. The number of halogens is 1. The summed E-state index contributed by atoms with van der Waals surface area (Å²) < 4.78 is 9.89. The number of carbonyl (C=O) groups is 1. The van der Waals surface area contributed by atoms with E-state index in [9.17, 15) is 4.79 Å². The fourth-order valence-corrected chi connectivity index (χ4v) is 1.88. The van der Waals surface area contributed by atoms with Crippen molar-refractivity contribution in [2.75, 3.05) is 24.8 Å². The Labute approximate surface area is 121 Å². The molecule has 0 aliphatic carbocycles. The van der Waals surface area contributed by atoms with Crippen molar-refractivity contribution in [3.05, 3.63) is 40.7 Å². The van der Waals surface area contributed by atoms with Crippen molar-refractivity contribution in [1.29, 1.82) is 0 Å². The van der Waals surface area contributed by atoms with E-state index in [1.165, 1.54) is 18.1 Å². The molecular weight excluding hydrogens is 282 g/mol. The van der Waals surface area contributed by atoms with Gasteiger partial charge in [-0.15, -0.1) is 0 Å². The first kappa shape index (κ1) is 14.4. The lowest BCUT2D eigenvalue weighted by Gasteiger charge is -2.18. The van der Waals surface area contributed by atoms with E-state index in [4.69, 9.17) is 26.6 Å². The lowest BCUT2D eigenvalue weighted by Crippen LogP contribution is -2.27. The van der Waals surface area contributed by atoms with Crippen molar-refractivity contribution >= 4 is 28.9 Å². The molecule has 0 radical (unpaired) electrons. The minimum atomic E-state index is -0.343. The summed E-state index contributed by atoms with van der Waals surface area (Å²) in [6.45, 7) is 0.253. The molecule has 1 amide bonds. The van der Waals surface area contributed by atoms with Crippen LogP contribution < -0.4 is 10.6 Å². The normalized spacial score (nSPS) is 10.6. The standard InChI is InChI=1S/C13H14ClN3O3/c1-17(12-5-8(14)3-4-10(12)15)13(18)11-6-9(7-19-2)20-16-11/h3-6H,7,15H2,1-2H3. The fraction of sp³-hybridized carbons (Fsp3) is 0.231. The molecule has 20 heavy (non-hydrogen) atoms. The molecule has 0 unspecified atom stereocenters. The second kappa shape index (κ2) is 5.94. The summed E-state index contributed by atoms with van der Waals surface area (Å²) in [4.78, 5) is 13.7. The summed E-state index contributed by atoms with van der Waals surface area (Å²) in [5.74, 6) is 0.133. The minimum Gasteiger partial charge on any atom is -0.397 e. The molecule has 2 aromatic rings. The van der Waals surface area contributed by atoms with Gasteiger partial charge < -0.3 is 19.9 Å². The van der Waals surface area contributed by atoms with Gasteiger partial charge in [-0.2, -0.15) is 0 Å². The first-order chi connectivity index (χ1) is 9.52. The number of benzene rings is 1. The van der Waals surface area contributed by atoms with Crippen LogP contribution in [0.3, 0.4) is 0 Å². The van der Waals surface area contributed by atoms with Crippen LogP contribution in [0.25, 0.3) is 0 Å². The average molecular weight is 296 g/mol. The Hall–Kier alpha value is -2.05. The molecular formula is C13H14ClN3O3. The van der Waals surface area contributed by atoms with Crippen molar-refractivity contribution in [1.82, 2.24) is 5.16 Å². The zero-order valence-electron chi connectivity index (χ0n) is 11.1. The summed E-state index contributed by atoms with van der Waals surface area (Å²) in [5, 5.41) is 4.21. The number of ether oxygens (including phenoxy) is 1. The predicted molar refractivity (Wildman–Crippen MR) is 75.8 cm³/mol. The highest BCUT2D eigenvalue weighted by Crippen LogP contribution is 2.27. The minimum absolute atomic E-state index is 0.180. The SMILES string of the molecule is COCc1cc(C(=O)N(C)c2cc(Cl)ccc2N)no1. The van der Waals surface area contributed by atoms with Gasteiger partial charge in [0, 0.05) is 25.2 Å². The second-order valence-corrected chi connectivity index (χ2v) is 4.62. The summed E-state index contributed by atoms with van der Waals surface area (Å²) >= 11 is 5.91. The first-order valence-corrected chi connectivity index (χ1v) is 6.18. The van der Waals surface area contributed by atoms with E-state index in [1.54, 1.807) is 25.2 Å². The molecule has 0 atom stereocenters. The van der Waals surface area contributed by atoms with Crippen molar-refractivity contribution in [3.63, 3.8) is 0 Å². The topological polar surface area (TPSA) is 81.6 Å². The van der Waals surface area contributed by atoms with Crippen molar-refractivity contribution in [3.8, 4) is 0 Å². The van der Waals surface area contributed by atoms with Gasteiger partial charge in [0.15, 0.2) is 11.5 Å². The number of hydrogen-bond acceptors (Lipinski definition) is 5. The van der Waals surface area contributed by atoms with Crippen LogP contribution in [0.4, 0.5) is 11.4 Å². The molecule has 1 aromatic heterocycles. The van der Waals surface area contributed by atoms with Crippen LogP contribution in [0.1, 0.15) is 16.2 Å². The maximum Gasteiger partial charge on any atom is 0.280 e. The van der Waals surface area contributed by atoms with E-state index in [-0.39, 0.29) is 18.2 Å². The lowest BCUT2D eigenvalue weighted by atomic mass is 10.2. The highest BCUT2D eigenvalue weighted by molar-refractivity contribution is 6.31. The number of carbonyl (C=O) groups excluding carboxylic acids is 1. The quantitative estimate of drug-likeness (QED) is 0.876. The largest absolute Gasteiger partial charge is 0.397 e. The zero-order valence-corrected chi connectivity index (χ0v) is 11.8. The van der Waals surface area contributed by atoms with Gasteiger partial charge in [-0.1, -0.05) is 16.8 Å². The molecule has 1 aromatic carbocycles. The van der Waals surface area contributed by atoms with E-state index in [2.05, 4.69) is 5.16 Å². The lowest BCUT2D eigenvalue weighted by molar-refractivity contribution is 0.0983. The van der Waals surface area contributed by atoms with Gasteiger partial charge in [-0.25, -0.2) is 0 Å². The molecule has 7 heteroatoms. The highest BCUT2D eigenvalue weighted by Gasteiger charge is 2.20. The van der Waals surface area contributed by atoms with Gasteiger partial charge in [-0.3, -0.25) is 4.79 Å². The van der Waals surface area contributed by atoms with E-state index >= 15 is 0 Å². The third kappa shape index (κ3) is 2.92. The number of rotatable bonds is 4. The number of methoxy groups -OCH3 is 1. The highest BCUT2D eigenvalue weighted by atomic mass is 35.5. The first-order valence-electron chi connectivity index (χ1n) is 5.80. The van der Waals surface area contributed by atoms with Crippen LogP contribution in [0, 0.1) is 0 Å². The zero-order chi connectivity index (χ0) is 14.7. The Bertz CT molecular complexity index is 627. The Morgan fingerprint density at radius 3 is 2.95 bits per heavy atom. The van der Waals surface area contributed by atoms with Crippen LogP contribution in [0.2, 0.25) is 5.02 Å². The molecule has 2 N–H and O–H groups in total. The molecule has 0 spiro atoms. The number of hydrogen-bond donors (Lipinski definition) is 1. The molecule has 0 aliphatic heterocycles. The van der Waals surface area contributed by atoms with E-state index in [0.29, 0.717) is 22.2 Å². The second-order valence-electron chi connectivity index (χ2n) is 4.18. The van der Waals surface area contributed by atoms with Gasteiger partial charge in [-0.05, 0) is 18.2 Å². The molecule has 0 fully saturated rings. The number of nitrogens with zero attached hydrogens (tertiary/aromatic N) is 2. The number of nitrogen functional groups attached to an aromatic ring is 1. The molecule has 2 rings (SSSR count). The van der Waals surface area contributed by atoms with Gasteiger partial charge in [0.25, 0.3) is 5.91 Å². The van der Waals surface area contributed by atoms with Crippen LogP contribution in [-0.4, -0.2) is 25.2 Å². The molecule has 0 saturated heterocycles. The third-order valence-corrected chi connectivity index (χ3v) is 2.96. The smallest absolute Gasteiger partial charge is 0.280 e. The van der Waals surface area contributed by atoms with Crippen LogP contribution in [0.15, 0.2) is 28.8 Å². The molecule has 0 bridgehead atoms. The summed E-state index contributed by atoms with van der Waals surface area (Å²) in [5.41, 5.74) is 6.98. The maximum absolute atomic E-state index is 12.3.